The summed E-state index contributed by atoms with van der Waals surface area (Å²) in [4.78, 5) is 19.9. The van der Waals surface area contributed by atoms with Crippen LogP contribution in [0.15, 0.2) is 48.5 Å². The number of nitrogens with zero attached hydrogens (tertiary/aromatic N) is 3. The highest BCUT2D eigenvalue weighted by atomic mass is 16.5. The Hall–Kier alpha value is -2.53. The number of anilines is 1. The molecule has 5 heteroatoms. The van der Waals surface area contributed by atoms with E-state index in [-0.39, 0.29) is 5.91 Å². The summed E-state index contributed by atoms with van der Waals surface area (Å²) in [6.45, 7) is 9.99. The monoisotopic (exact) mass is 449 g/mol. The number of piperidine rings is 1. The molecule has 2 saturated heterocycles. The van der Waals surface area contributed by atoms with Gasteiger partial charge in [-0.15, -0.1) is 0 Å². The number of ether oxygens (including phenoxy) is 1. The van der Waals surface area contributed by atoms with Crippen LogP contribution in [0.1, 0.15) is 49.0 Å². The molecule has 0 saturated carbocycles. The average Bonchev–Trinajstić information content (AvgIpc) is 3.20. The van der Waals surface area contributed by atoms with Gasteiger partial charge in [0.2, 0.25) is 0 Å². The van der Waals surface area contributed by atoms with Gasteiger partial charge in [0.25, 0.3) is 5.91 Å². The van der Waals surface area contributed by atoms with E-state index in [1.807, 2.05) is 43.3 Å². The molecule has 2 heterocycles. The highest BCUT2D eigenvalue weighted by Crippen LogP contribution is 2.41. The Morgan fingerprint density at radius 1 is 1.00 bits per heavy atom. The van der Waals surface area contributed by atoms with Crippen molar-refractivity contribution in [1.29, 1.82) is 0 Å². The highest BCUT2D eigenvalue weighted by molar-refractivity contribution is 5.99. The third kappa shape index (κ3) is 5.52. The van der Waals surface area contributed by atoms with Crippen LogP contribution in [0.25, 0.3) is 0 Å². The van der Waals surface area contributed by atoms with E-state index < -0.39 is 0 Å². The predicted octanol–water partition coefficient (Wildman–Crippen LogP) is 4.92. The molecule has 2 aromatic rings. The fourth-order valence-corrected chi connectivity index (χ4v) is 5.24. The summed E-state index contributed by atoms with van der Waals surface area (Å²) in [6.07, 6.45) is 3.40. The molecule has 2 aromatic carbocycles. The number of para-hydroxylation sites is 2. The molecule has 0 N–H and O–H groups in total. The van der Waals surface area contributed by atoms with E-state index in [0.29, 0.717) is 11.3 Å². The second-order valence-corrected chi connectivity index (χ2v) is 10.5. The van der Waals surface area contributed by atoms with Gasteiger partial charge in [0, 0.05) is 51.5 Å². The van der Waals surface area contributed by atoms with Crippen molar-refractivity contribution in [1.82, 2.24) is 9.80 Å². The Labute approximate surface area is 199 Å². The van der Waals surface area contributed by atoms with E-state index >= 15 is 0 Å². The second kappa shape index (κ2) is 10.2. The molecule has 178 valence electrons. The van der Waals surface area contributed by atoms with E-state index in [9.17, 15) is 4.79 Å². The van der Waals surface area contributed by atoms with Crippen LogP contribution < -0.4 is 9.64 Å². The largest absolute Gasteiger partial charge is 0.493 e. The van der Waals surface area contributed by atoms with Gasteiger partial charge < -0.3 is 14.5 Å². The standard InChI is InChI=1S/C28H39N3O2/c1-22(2)20-33-26-12-8-5-9-23(26)19-30-16-13-28(21-30)14-17-31(18-15-28)27(32)24-10-6-7-11-25(24)29(3)4/h5-12,22H,13-21H2,1-4H3. The fraction of sp³-hybridized carbons (Fsp3) is 0.536. The minimum absolute atomic E-state index is 0.167. The van der Waals surface area contributed by atoms with Crippen molar-refractivity contribution in [2.75, 3.05) is 51.8 Å². The zero-order valence-electron chi connectivity index (χ0n) is 20.7. The van der Waals surface area contributed by atoms with Crippen molar-refractivity contribution in [3.8, 4) is 5.75 Å². The van der Waals surface area contributed by atoms with Crippen molar-refractivity contribution in [2.24, 2.45) is 11.3 Å². The Morgan fingerprint density at radius 2 is 1.67 bits per heavy atom. The van der Waals surface area contributed by atoms with Crippen LogP contribution in [0.5, 0.6) is 5.75 Å². The third-order valence-corrected chi connectivity index (χ3v) is 7.18. The Morgan fingerprint density at radius 3 is 2.39 bits per heavy atom. The molecule has 0 aromatic heterocycles. The molecule has 0 radical (unpaired) electrons. The Bertz CT molecular complexity index is 948. The number of hydrogen-bond donors (Lipinski definition) is 0. The summed E-state index contributed by atoms with van der Waals surface area (Å²) in [5, 5.41) is 0. The zero-order valence-corrected chi connectivity index (χ0v) is 20.7. The molecule has 1 spiro atoms. The summed E-state index contributed by atoms with van der Waals surface area (Å²) < 4.78 is 6.08. The predicted molar refractivity (Wildman–Crippen MR) is 135 cm³/mol. The maximum Gasteiger partial charge on any atom is 0.255 e. The highest BCUT2D eigenvalue weighted by Gasteiger charge is 2.41. The van der Waals surface area contributed by atoms with Crippen molar-refractivity contribution >= 4 is 11.6 Å². The van der Waals surface area contributed by atoms with Gasteiger partial charge >= 0.3 is 0 Å². The van der Waals surface area contributed by atoms with Gasteiger partial charge in [0.15, 0.2) is 0 Å². The molecule has 33 heavy (non-hydrogen) atoms. The molecule has 2 aliphatic heterocycles. The summed E-state index contributed by atoms with van der Waals surface area (Å²) >= 11 is 0. The Balaban J connectivity index is 1.35. The minimum atomic E-state index is 0.167. The van der Waals surface area contributed by atoms with Gasteiger partial charge in [-0.25, -0.2) is 0 Å². The van der Waals surface area contributed by atoms with E-state index in [4.69, 9.17) is 4.74 Å². The van der Waals surface area contributed by atoms with E-state index in [0.717, 1.165) is 69.2 Å². The number of carbonyl (C=O) groups is 1. The van der Waals surface area contributed by atoms with Crippen LogP contribution >= 0.6 is 0 Å². The first-order valence-corrected chi connectivity index (χ1v) is 12.4. The quantitative estimate of drug-likeness (QED) is 0.601. The van der Waals surface area contributed by atoms with Crippen LogP contribution in [0.2, 0.25) is 0 Å². The normalized spacial score (nSPS) is 18.2. The first-order valence-electron chi connectivity index (χ1n) is 12.4. The van der Waals surface area contributed by atoms with Crippen molar-refractivity contribution in [3.63, 3.8) is 0 Å². The fourth-order valence-electron chi connectivity index (χ4n) is 5.24. The van der Waals surface area contributed by atoms with Gasteiger partial charge in [-0.3, -0.25) is 9.69 Å². The molecule has 0 atom stereocenters. The van der Waals surface area contributed by atoms with Gasteiger partial charge in [0.05, 0.1) is 12.2 Å². The van der Waals surface area contributed by atoms with E-state index in [1.165, 1.54) is 12.0 Å². The number of carbonyl (C=O) groups excluding carboxylic acids is 1. The number of benzene rings is 2. The lowest BCUT2D eigenvalue weighted by atomic mass is 9.77. The summed E-state index contributed by atoms with van der Waals surface area (Å²) in [5.74, 6) is 1.71. The van der Waals surface area contributed by atoms with Crippen LogP contribution in [0.4, 0.5) is 5.69 Å². The lowest BCUT2D eigenvalue weighted by Gasteiger charge is -2.39. The van der Waals surface area contributed by atoms with Crippen LogP contribution in [0, 0.1) is 11.3 Å². The number of hydrogen-bond acceptors (Lipinski definition) is 4. The maximum atomic E-state index is 13.3. The summed E-state index contributed by atoms with van der Waals surface area (Å²) in [6, 6.07) is 16.4. The lowest BCUT2D eigenvalue weighted by molar-refractivity contribution is 0.0588. The SMILES string of the molecule is CC(C)COc1ccccc1CN1CCC2(CCN(C(=O)c3ccccc3N(C)C)CC2)C1. The van der Waals surface area contributed by atoms with E-state index in [1.54, 1.807) is 0 Å². The van der Waals surface area contributed by atoms with Crippen molar-refractivity contribution in [3.05, 3.63) is 59.7 Å². The number of rotatable bonds is 7. The summed E-state index contributed by atoms with van der Waals surface area (Å²) in [7, 11) is 3.99. The summed E-state index contributed by atoms with van der Waals surface area (Å²) in [5.41, 5.74) is 3.42. The molecular formula is C28H39N3O2. The maximum absolute atomic E-state index is 13.3. The van der Waals surface area contributed by atoms with E-state index in [2.05, 4.69) is 47.9 Å². The molecule has 4 rings (SSSR count). The molecule has 0 aliphatic carbocycles. The number of amides is 1. The van der Waals surface area contributed by atoms with Gasteiger partial charge in [-0.05, 0) is 55.3 Å². The molecule has 5 nitrogen and oxygen atoms in total. The zero-order chi connectivity index (χ0) is 23.4. The van der Waals surface area contributed by atoms with Crippen LogP contribution in [-0.2, 0) is 6.54 Å². The van der Waals surface area contributed by atoms with Gasteiger partial charge in [-0.1, -0.05) is 44.2 Å². The molecule has 2 fully saturated rings. The molecule has 1 amide bonds. The topological polar surface area (TPSA) is 36.0 Å². The molecule has 2 aliphatic rings. The molecule has 0 bridgehead atoms. The smallest absolute Gasteiger partial charge is 0.255 e. The third-order valence-electron chi connectivity index (χ3n) is 7.18. The van der Waals surface area contributed by atoms with Gasteiger partial charge in [0.1, 0.15) is 5.75 Å². The first-order chi connectivity index (χ1) is 15.9. The van der Waals surface area contributed by atoms with Crippen molar-refractivity contribution < 1.29 is 9.53 Å². The van der Waals surface area contributed by atoms with Gasteiger partial charge in [-0.2, -0.15) is 0 Å². The lowest BCUT2D eigenvalue weighted by Crippen LogP contribution is -2.44. The van der Waals surface area contributed by atoms with Crippen LogP contribution in [-0.4, -0.2) is 62.6 Å². The molecule has 0 unspecified atom stereocenters. The Kier molecular flexibility index (Phi) is 7.28. The average molecular weight is 450 g/mol. The van der Waals surface area contributed by atoms with Crippen LogP contribution in [0.3, 0.4) is 0 Å². The minimum Gasteiger partial charge on any atom is -0.493 e. The van der Waals surface area contributed by atoms with Crippen molar-refractivity contribution in [2.45, 2.75) is 39.7 Å². The first kappa shape index (κ1) is 23.6. The number of likely N-dealkylation sites (tertiary alicyclic amines) is 2. The second-order valence-electron chi connectivity index (χ2n) is 10.5. The molecular weight excluding hydrogens is 410 g/mol.